The largest absolute Gasteiger partial charge is 0.381 e. The molecule has 0 amide bonds. The molecule has 3 rings (SSSR count). The zero-order valence-corrected chi connectivity index (χ0v) is 12.8. The molecule has 2 heterocycles. The van der Waals surface area contributed by atoms with E-state index in [4.69, 9.17) is 4.74 Å². The van der Waals surface area contributed by atoms with E-state index in [0.29, 0.717) is 5.41 Å². The maximum Gasteiger partial charge on any atom is 0.0471 e. The highest BCUT2D eigenvalue weighted by molar-refractivity contribution is 4.99. The number of nitrogens with one attached hydrogen (secondary N) is 1. The summed E-state index contributed by atoms with van der Waals surface area (Å²) in [4.78, 5) is 2.52. The van der Waals surface area contributed by atoms with E-state index >= 15 is 0 Å². The van der Waals surface area contributed by atoms with Crippen LogP contribution in [-0.2, 0) is 4.74 Å². The highest BCUT2D eigenvalue weighted by Crippen LogP contribution is 2.46. The number of rotatable bonds is 4. The summed E-state index contributed by atoms with van der Waals surface area (Å²) in [5.41, 5.74) is 0.566. The van der Waals surface area contributed by atoms with Gasteiger partial charge in [-0.25, -0.2) is 0 Å². The van der Waals surface area contributed by atoms with Gasteiger partial charge >= 0.3 is 0 Å². The lowest BCUT2D eigenvalue weighted by molar-refractivity contribution is 0.000971. The Labute approximate surface area is 123 Å². The van der Waals surface area contributed by atoms with Crippen LogP contribution in [0.15, 0.2) is 12.7 Å². The second-order valence-corrected chi connectivity index (χ2v) is 6.95. The topological polar surface area (TPSA) is 24.5 Å². The van der Waals surface area contributed by atoms with Crippen molar-refractivity contribution in [1.82, 2.24) is 10.2 Å². The monoisotopic (exact) mass is 278 g/mol. The Hall–Kier alpha value is -0.380. The number of likely N-dealkylation sites (tertiary alicyclic amines) is 1. The summed E-state index contributed by atoms with van der Waals surface area (Å²) in [7, 11) is 0. The first-order valence-electron chi connectivity index (χ1n) is 8.49. The fraction of sp³-hybridized carbons (Fsp3) is 0.882. The van der Waals surface area contributed by atoms with Gasteiger partial charge in [0.2, 0.25) is 0 Å². The SMILES string of the molecule is C=CCN1CCC(N[C@H]2CCCC23CCOCC3)CC1. The summed E-state index contributed by atoms with van der Waals surface area (Å²) in [5.74, 6) is 0. The van der Waals surface area contributed by atoms with Gasteiger partial charge in [0.15, 0.2) is 0 Å². The second-order valence-electron chi connectivity index (χ2n) is 6.95. The summed E-state index contributed by atoms with van der Waals surface area (Å²) >= 11 is 0. The van der Waals surface area contributed by atoms with Gasteiger partial charge < -0.3 is 10.1 Å². The summed E-state index contributed by atoms with van der Waals surface area (Å²) < 4.78 is 5.59. The molecule has 0 aromatic carbocycles. The molecule has 0 aromatic heterocycles. The molecule has 0 unspecified atom stereocenters. The van der Waals surface area contributed by atoms with Crippen molar-refractivity contribution in [3.8, 4) is 0 Å². The van der Waals surface area contributed by atoms with E-state index in [1.807, 2.05) is 6.08 Å². The Balaban J connectivity index is 1.51. The van der Waals surface area contributed by atoms with E-state index in [0.717, 1.165) is 31.8 Å². The molecule has 2 aliphatic heterocycles. The van der Waals surface area contributed by atoms with Crippen LogP contribution < -0.4 is 5.32 Å². The van der Waals surface area contributed by atoms with Crippen molar-refractivity contribution in [2.24, 2.45) is 5.41 Å². The van der Waals surface area contributed by atoms with Crippen molar-refractivity contribution in [2.45, 2.75) is 57.0 Å². The predicted molar refractivity (Wildman–Crippen MR) is 82.9 cm³/mol. The highest BCUT2D eigenvalue weighted by atomic mass is 16.5. The van der Waals surface area contributed by atoms with Gasteiger partial charge in [-0.15, -0.1) is 6.58 Å². The molecule has 1 spiro atoms. The first-order chi connectivity index (χ1) is 9.82. The molecule has 1 atom stereocenters. The Bertz CT molecular complexity index is 317. The van der Waals surface area contributed by atoms with Crippen molar-refractivity contribution in [3.63, 3.8) is 0 Å². The molecule has 3 heteroatoms. The number of hydrogen-bond donors (Lipinski definition) is 1. The summed E-state index contributed by atoms with van der Waals surface area (Å²) in [6.45, 7) is 9.32. The lowest BCUT2D eigenvalue weighted by atomic mass is 9.75. The van der Waals surface area contributed by atoms with Gasteiger partial charge in [0.1, 0.15) is 0 Å². The van der Waals surface area contributed by atoms with Crippen molar-refractivity contribution >= 4 is 0 Å². The average molecular weight is 278 g/mol. The smallest absolute Gasteiger partial charge is 0.0471 e. The average Bonchev–Trinajstić information content (AvgIpc) is 2.84. The highest BCUT2D eigenvalue weighted by Gasteiger charge is 2.44. The maximum atomic E-state index is 5.59. The van der Waals surface area contributed by atoms with Gasteiger partial charge in [-0.05, 0) is 57.0 Å². The van der Waals surface area contributed by atoms with Crippen LogP contribution in [0.4, 0.5) is 0 Å². The standard InChI is InChI=1S/C17H30N2O/c1-2-10-19-11-5-15(6-12-19)18-16-4-3-7-17(16)8-13-20-14-9-17/h2,15-16,18H,1,3-14H2/t16-/m0/s1. The van der Waals surface area contributed by atoms with E-state index in [9.17, 15) is 0 Å². The minimum Gasteiger partial charge on any atom is -0.381 e. The molecule has 3 aliphatic rings. The fourth-order valence-corrected chi connectivity index (χ4v) is 4.52. The van der Waals surface area contributed by atoms with Crippen molar-refractivity contribution in [3.05, 3.63) is 12.7 Å². The Morgan fingerprint density at radius 2 is 1.90 bits per heavy atom. The number of hydrogen-bond acceptors (Lipinski definition) is 3. The minimum absolute atomic E-state index is 0.566. The van der Waals surface area contributed by atoms with Crippen LogP contribution >= 0.6 is 0 Å². The first kappa shape index (κ1) is 14.6. The van der Waals surface area contributed by atoms with Gasteiger partial charge in [0.05, 0.1) is 0 Å². The van der Waals surface area contributed by atoms with Gasteiger partial charge in [0, 0.05) is 31.8 Å². The quantitative estimate of drug-likeness (QED) is 0.800. The van der Waals surface area contributed by atoms with Gasteiger partial charge in [-0.2, -0.15) is 0 Å². The minimum atomic E-state index is 0.566. The molecule has 1 N–H and O–H groups in total. The van der Waals surface area contributed by atoms with Gasteiger partial charge in [-0.1, -0.05) is 12.5 Å². The van der Waals surface area contributed by atoms with E-state index < -0.39 is 0 Å². The number of ether oxygens (including phenoxy) is 1. The first-order valence-corrected chi connectivity index (χ1v) is 8.49. The van der Waals surface area contributed by atoms with Crippen LogP contribution in [0.2, 0.25) is 0 Å². The van der Waals surface area contributed by atoms with E-state index in [2.05, 4.69) is 16.8 Å². The number of piperidine rings is 1. The number of nitrogens with zero attached hydrogens (tertiary/aromatic N) is 1. The van der Waals surface area contributed by atoms with Gasteiger partial charge in [0.25, 0.3) is 0 Å². The third kappa shape index (κ3) is 3.10. The van der Waals surface area contributed by atoms with Crippen molar-refractivity contribution in [2.75, 3.05) is 32.8 Å². The summed E-state index contributed by atoms with van der Waals surface area (Å²) in [5, 5.41) is 4.03. The summed E-state index contributed by atoms with van der Waals surface area (Å²) in [6, 6.07) is 1.49. The van der Waals surface area contributed by atoms with Crippen LogP contribution in [0, 0.1) is 5.41 Å². The van der Waals surface area contributed by atoms with Crippen LogP contribution in [0.1, 0.15) is 44.9 Å². The Kier molecular flexibility index (Phi) is 4.79. The molecular weight excluding hydrogens is 248 g/mol. The van der Waals surface area contributed by atoms with Crippen molar-refractivity contribution < 1.29 is 4.74 Å². The van der Waals surface area contributed by atoms with Gasteiger partial charge in [-0.3, -0.25) is 4.90 Å². The third-order valence-corrected chi connectivity index (χ3v) is 5.81. The molecule has 0 aromatic rings. The van der Waals surface area contributed by atoms with Crippen LogP contribution in [0.5, 0.6) is 0 Å². The lowest BCUT2D eigenvalue weighted by Crippen LogP contribution is -2.51. The second kappa shape index (κ2) is 6.59. The third-order valence-electron chi connectivity index (χ3n) is 5.81. The van der Waals surface area contributed by atoms with Crippen LogP contribution in [-0.4, -0.2) is 49.8 Å². The molecule has 3 fully saturated rings. The molecule has 1 saturated carbocycles. The summed E-state index contributed by atoms with van der Waals surface area (Å²) in [6.07, 6.45) is 11.4. The Morgan fingerprint density at radius 1 is 1.15 bits per heavy atom. The molecule has 0 radical (unpaired) electrons. The molecule has 20 heavy (non-hydrogen) atoms. The van der Waals surface area contributed by atoms with Crippen LogP contribution in [0.25, 0.3) is 0 Å². The lowest BCUT2D eigenvalue weighted by Gasteiger charge is -2.42. The van der Waals surface area contributed by atoms with E-state index in [1.165, 1.54) is 58.0 Å². The zero-order chi connectivity index (χ0) is 13.8. The fourth-order valence-electron chi connectivity index (χ4n) is 4.52. The van der Waals surface area contributed by atoms with Crippen LogP contribution in [0.3, 0.4) is 0 Å². The maximum absolute atomic E-state index is 5.59. The molecule has 1 aliphatic carbocycles. The van der Waals surface area contributed by atoms with E-state index in [-0.39, 0.29) is 0 Å². The zero-order valence-electron chi connectivity index (χ0n) is 12.8. The molecule has 114 valence electrons. The molecular formula is C17H30N2O. The molecule has 0 bridgehead atoms. The molecule has 2 saturated heterocycles. The Morgan fingerprint density at radius 3 is 2.60 bits per heavy atom. The van der Waals surface area contributed by atoms with Crippen molar-refractivity contribution in [1.29, 1.82) is 0 Å². The predicted octanol–water partition coefficient (Wildman–Crippen LogP) is 2.58. The van der Waals surface area contributed by atoms with E-state index in [1.54, 1.807) is 0 Å². The normalized spacial score (nSPS) is 31.7. The molecule has 3 nitrogen and oxygen atoms in total.